The van der Waals surface area contributed by atoms with Gasteiger partial charge in [-0.15, -0.1) is 0 Å². The lowest BCUT2D eigenvalue weighted by atomic mass is 10.0. The number of hydrazine groups is 1. The zero-order chi connectivity index (χ0) is 18.4. The third-order valence-corrected chi connectivity index (χ3v) is 3.77. The van der Waals surface area contributed by atoms with E-state index < -0.39 is 4.90 Å². The number of carbonyl (C=O) groups excluding carboxylic acids is 1. The van der Waals surface area contributed by atoms with Crippen LogP contribution in [0.2, 0.25) is 0 Å². The molecule has 1 aliphatic rings. The Labute approximate surface area is 150 Å². The molecular formula is C20H16N3O3-. The lowest BCUT2D eigenvalue weighted by Crippen LogP contribution is -2.36. The minimum absolute atomic E-state index is 0.00878. The predicted molar refractivity (Wildman–Crippen MR) is 101 cm³/mol. The van der Waals surface area contributed by atoms with Crippen LogP contribution in [0.15, 0.2) is 90.5 Å². The van der Waals surface area contributed by atoms with Gasteiger partial charge in [-0.2, -0.15) is 4.90 Å². The number of carbonyl (C=O) groups is 1. The van der Waals surface area contributed by atoms with Gasteiger partial charge in [-0.05, 0) is 29.8 Å². The molecule has 0 atom stereocenters. The van der Waals surface area contributed by atoms with Crippen LogP contribution in [0.3, 0.4) is 0 Å². The van der Waals surface area contributed by atoms with Gasteiger partial charge in [0.15, 0.2) is 0 Å². The van der Waals surface area contributed by atoms with Crippen molar-refractivity contribution in [2.45, 2.75) is 0 Å². The molecule has 2 aromatic rings. The molecule has 26 heavy (non-hydrogen) atoms. The van der Waals surface area contributed by atoms with E-state index >= 15 is 0 Å². The Morgan fingerprint density at radius 1 is 0.731 bits per heavy atom. The first-order chi connectivity index (χ1) is 12.6. The van der Waals surface area contributed by atoms with Crippen LogP contribution in [0.4, 0.5) is 0 Å². The molecule has 2 aromatic carbocycles. The number of hydrogen-bond acceptors (Lipinski definition) is 4. The van der Waals surface area contributed by atoms with Crippen molar-refractivity contribution < 1.29 is 9.70 Å². The molecule has 6 heteroatoms. The Kier molecular flexibility index (Phi) is 5.14. The molecule has 1 aliphatic carbocycles. The fraction of sp³-hybridized carbons (Fsp3) is 0. The summed E-state index contributed by atoms with van der Waals surface area (Å²) in [5.41, 5.74) is 8.36. The summed E-state index contributed by atoms with van der Waals surface area (Å²) in [4.78, 5) is 11.8. The summed E-state index contributed by atoms with van der Waals surface area (Å²) in [6.07, 6.45) is 6.14. The summed E-state index contributed by atoms with van der Waals surface area (Å²) < 4.78 is 0. The van der Waals surface area contributed by atoms with Crippen LogP contribution in [0.1, 0.15) is 15.9 Å². The van der Waals surface area contributed by atoms with Gasteiger partial charge in [0.05, 0.1) is 5.70 Å². The molecule has 3 rings (SSSR count). The molecule has 0 bridgehead atoms. The molecule has 0 aromatic heterocycles. The number of nitrogens with one attached hydrogen (secondary N) is 2. The van der Waals surface area contributed by atoms with E-state index in [4.69, 9.17) is 0 Å². The first-order valence-corrected chi connectivity index (χ1v) is 7.94. The van der Waals surface area contributed by atoms with Gasteiger partial charge >= 0.3 is 0 Å². The second-order valence-corrected chi connectivity index (χ2v) is 5.49. The molecule has 0 saturated heterocycles. The van der Waals surface area contributed by atoms with Crippen LogP contribution in [0.5, 0.6) is 0 Å². The maximum atomic E-state index is 12.3. The Bertz CT molecular complexity index is 892. The number of nitrogens with zero attached hydrogens (tertiary/aromatic N) is 1. The number of rotatable bonds is 4. The molecule has 0 fully saturated rings. The van der Waals surface area contributed by atoms with Gasteiger partial charge in [0.1, 0.15) is 0 Å². The van der Waals surface area contributed by atoms with Crippen LogP contribution >= 0.6 is 0 Å². The van der Waals surface area contributed by atoms with Crippen LogP contribution in [0, 0.1) is 10.4 Å². The van der Waals surface area contributed by atoms with Gasteiger partial charge < -0.3 is 10.4 Å². The number of amides is 1. The van der Waals surface area contributed by atoms with Crippen molar-refractivity contribution >= 4 is 17.3 Å². The lowest BCUT2D eigenvalue weighted by molar-refractivity contribution is -0.377. The molecule has 2 N–H and O–H groups in total. The summed E-state index contributed by atoms with van der Waals surface area (Å²) in [6.45, 7) is 0. The van der Waals surface area contributed by atoms with Crippen LogP contribution in [0.25, 0.3) is 5.70 Å². The average Bonchev–Trinajstić information content (AvgIpc) is 2.70. The van der Waals surface area contributed by atoms with Crippen molar-refractivity contribution in [1.29, 1.82) is 0 Å². The topological polar surface area (TPSA) is 90.3 Å². The van der Waals surface area contributed by atoms with E-state index in [9.17, 15) is 15.2 Å². The van der Waals surface area contributed by atoms with E-state index in [1.165, 1.54) is 12.2 Å². The Balaban J connectivity index is 1.88. The molecule has 1 amide bonds. The maximum Gasteiger partial charge on any atom is 0.269 e. The molecule has 0 heterocycles. The zero-order valence-corrected chi connectivity index (χ0v) is 13.8. The second kappa shape index (κ2) is 7.85. The van der Waals surface area contributed by atoms with E-state index in [0.29, 0.717) is 11.3 Å². The third kappa shape index (κ3) is 3.99. The van der Waals surface area contributed by atoms with Gasteiger partial charge in [-0.25, -0.2) is 0 Å². The molecule has 0 spiro atoms. The Hall–Kier alpha value is -3.80. The minimum Gasteiger partial charge on any atom is -0.612 e. The quantitative estimate of drug-likeness (QED) is 0.658. The monoisotopic (exact) mass is 346 g/mol. The van der Waals surface area contributed by atoms with Crippen LogP contribution in [-0.2, 0) is 0 Å². The van der Waals surface area contributed by atoms with E-state index in [0.717, 1.165) is 11.1 Å². The molecule has 130 valence electrons. The van der Waals surface area contributed by atoms with Gasteiger partial charge in [0, 0.05) is 23.3 Å². The van der Waals surface area contributed by atoms with Crippen LogP contribution in [-0.4, -0.2) is 16.5 Å². The normalized spacial score (nSPS) is 12.6. The van der Waals surface area contributed by atoms with Crippen molar-refractivity contribution in [3.8, 4) is 0 Å². The highest BCUT2D eigenvalue weighted by Crippen LogP contribution is 2.20. The van der Waals surface area contributed by atoms with E-state index in [1.54, 1.807) is 36.4 Å². The lowest BCUT2D eigenvalue weighted by Gasteiger charge is -2.16. The van der Waals surface area contributed by atoms with Crippen molar-refractivity contribution in [2.24, 2.45) is 0 Å². The highest BCUT2D eigenvalue weighted by atomic mass is 16.8. The number of benzene rings is 2. The van der Waals surface area contributed by atoms with Crippen LogP contribution < -0.4 is 10.9 Å². The Morgan fingerprint density at radius 3 is 1.81 bits per heavy atom. The Morgan fingerprint density at radius 2 is 1.27 bits per heavy atom. The molecular weight excluding hydrogens is 330 g/mol. The zero-order valence-electron chi connectivity index (χ0n) is 13.8. The fourth-order valence-corrected chi connectivity index (χ4v) is 2.45. The largest absolute Gasteiger partial charge is 0.612 e. The first-order valence-electron chi connectivity index (χ1n) is 7.94. The maximum absolute atomic E-state index is 12.3. The minimum atomic E-state index is -0.448. The van der Waals surface area contributed by atoms with Gasteiger partial charge in [0.25, 0.3) is 5.91 Å². The van der Waals surface area contributed by atoms with Crippen molar-refractivity contribution in [3.05, 3.63) is 112 Å². The standard InChI is InChI=1S/C20H16N3O3/c24-20(17-9-5-2-6-10-17)22-21-19(15-7-3-1-4-8-15)16-11-13-18(14-12-16)23(25)26/h1-14,21H,(H-,22,24,25,26)/q-1. The summed E-state index contributed by atoms with van der Waals surface area (Å²) in [5.74, 6) is -0.277. The summed E-state index contributed by atoms with van der Waals surface area (Å²) in [5, 5.41) is 21.7. The average molecular weight is 346 g/mol. The molecule has 0 radical (unpaired) electrons. The fourth-order valence-electron chi connectivity index (χ4n) is 2.45. The number of allylic oxidation sites excluding steroid dienone is 5. The molecule has 0 saturated carbocycles. The third-order valence-electron chi connectivity index (χ3n) is 3.77. The predicted octanol–water partition coefficient (Wildman–Crippen LogP) is 2.91. The molecule has 0 unspecified atom stereocenters. The first kappa shape index (κ1) is 17.0. The van der Waals surface area contributed by atoms with Gasteiger partial charge in [-0.1, -0.05) is 48.5 Å². The van der Waals surface area contributed by atoms with Gasteiger partial charge in [-0.3, -0.25) is 15.6 Å². The molecule has 0 aliphatic heterocycles. The SMILES string of the molecule is O=C(NNC(=C1C=CC(=[N+]([O-])[O-])C=C1)c1ccccc1)c1ccccc1. The van der Waals surface area contributed by atoms with E-state index in [-0.39, 0.29) is 11.6 Å². The highest BCUT2D eigenvalue weighted by molar-refractivity contribution is 6.03. The van der Waals surface area contributed by atoms with Crippen molar-refractivity contribution in [1.82, 2.24) is 10.9 Å². The summed E-state index contributed by atoms with van der Waals surface area (Å²) in [7, 11) is 0. The van der Waals surface area contributed by atoms with Gasteiger partial charge in [0.2, 0.25) is 5.71 Å². The van der Waals surface area contributed by atoms with Crippen molar-refractivity contribution in [2.75, 3.05) is 0 Å². The van der Waals surface area contributed by atoms with E-state index in [2.05, 4.69) is 10.9 Å². The highest BCUT2D eigenvalue weighted by Gasteiger charge is 2.12. The molecule has 6 nitrogen and oxygen atoms in total. The summed E-state index contributed by atoms with van der Waals surface area (Å²) in [6, 6.07) is 18.2. The van der Waals surface area contributed by atoms with E-state index in [1.807, 2.05) is 36.4 Å². The smallest absolute Gasteiger partial charge is 0.269 e. The number of hydrogen-bond donors (Lipinski definition) is 2. The summed E-state index contributed by atoms with van der Waals surface area (Å²) >= 11 is 0. The second-order valence-electron chi connectivity index (χ2n) is 5.49. The van der Waals surface area contributed by atoms with Crippen molar-refractivity contribution in [3.63, 3.8) is 0 Å².